The molecule has 1 aromatic heterocycles. The molecule has 2 rings (SSSR count). The molecule has 1 atom stereocenters. The molecule has 0 aliphatic rings. The average molecular weight is 308 g/mol. The Labute approximate surface area is 116 Å². The van der Waals surface area contributed by atoms with Crippen molar-refractivity contribution in [1.29, 1.82) is 0 Å². The van der Waals surface area contributed by atoms with E-state index in [1.165, 1.54) is 11.1 Å². The zero-order chi connectivity index (χ0) is 13.1. The number of aromatic nitrogens is 2. The predicted octanol–water partition coefficient (Wildman–Crippen LogP) is 3.12. The molecule has 0 radical (unpaired) electrons. The first kappa shape index (κ1) is 13.3. The van der Waals surface area contributed by atoms with Gasteiger partial charge < -0.3 is 5.73 Å². The minimum atomic E-state index is 0.00684. The second-order valence-corrected chi connectivity index (χ2v) is 5.49. The molecule has 0 amide bonds. The highest BCUT2D eigenvalue weighted by Gasteiger charge is 2.14. The first-order valence-corrected chi connectivity index (χ1v) is 6.85. The van der Waals surface area contributed by atoms with Crippen LogP contribution in [0.4, 0.5) is 0 Å². The third-order valence-corrected chi connectivity index (χ3v) is 3.73. The van der Waals surface area contributed by atoms with E-state index in [9.17, 15) is 0 Å². The van der Waals surface area contributed by atoms with E-state index in [-0.39, 0.29) is 6.04 Å². The first-order valence-electron chi connectivity index (χ1n) is 6.06. The van der Waals surface area contributed by atoms with Crippen LogP contribution in [0.5, 0.6) is 0 Å². The fourth-order valence-electron chi connectivity index (χ4n) is 2.16. The lowest BCUT2D eigenvalue weighted by Gasteiger charge is -2.13. The minimum absolute atomic E-state index is 0.00684. The van der Waals surface area contributed by atoms with Crippen molar-refractivity contribution in [1.82, 2.24) is 9.78 Å². The quantitative estimate of drug-likeness (QED) is 0.943. The van der Waals surface area contributed by atoms with Crippen molar-refractivity contribution < 1.29 is 0 Å². The number of benzene rings is 1. The lowest BCUT2D eigenvalue weighted by Crippen LogP contribution is -2.16. The summed E-state index contributed by atoms with van der Waals surface area (Å²) in [6.07, 6.45) is 3.70. The van der Waals surface area contributed by atoms with Crippen LogP contribution in [0.3, 0.4) is 0 Å². The van der Waals surface area contributed by atoms with Crippen LogP contribution >= 0.6 is 15.9 Å². The Morgan fingerprint density at radius 2 is 2.22 bits per heavy atom. The van der Waals surface area contributed by atoms with Crippen molar-refractivity contribution in [3.8, 4) is 0 Å². The van der Waals surface area contributed by atoms with E-state index in [1.54, 1.807) is 6.20 Å². The third-order valence-electron chi connectivity index (χ3n) is 3.12. The lowest BCUT2D eigenvalue weighted by molar-refractivity contribution is 0.580. The molecular formula is C14H18BrN3. The minimum Gasteiger partial charge on any atom is -0.323 e. The van der Waals surface area contributed by atoms with Gasteiger partial charge in [0.1, 0.15) is 0 Å². The number of halogens is 1. The summed E-state index contributed by atoms with van der Waals surface area (Å²) in [5, 5.41) is 4.20. The highest BCUT2D eigenvalue weighted by molar-refractivity contribution is 9.10. The van der Waals surface area contributed by atoms with Crippen LogP contribution in [0, 0.1) is 6.92 Å². The fourth-order valence-corrected chi connectivity index (χ4v) is 2.81. The van der Waals surface area contributed by atoms with Crippen molar-refractivity contribution in [3.63, 3.8) is 0 Å². The summed E-state index contributed by atoms with van der Waals surface area (Å²) in [6, 6.07) is 8.58. The number of rotatable bonds is 4. The van der Waals surface area contributed by atoms with Gasteiger partial charge in [0, 0.05) is 13.1 Å². The monoisotopic (exact) mass is 307 g/mol. The van der Waals surface area contributed by atoms with Crippen LogP contribution in [0.15, 0.2) is 34.9 Å². The molecular weight excluding hydrogens is 290 g/mol. The molecule has 0 aliphatic carbocycles. The Hall–Kier alpha value is -1.13. The Kier molecular flexibility index (Phi) is 4.19. The largest absolute Gasteiger partial charge is 0.323 e. The standard InChI is InChI=1S/C14H18BrN3/c1-10-4-3-5-11(8-10)6-7-13(16)14-12(15)9-17-18(14)2/h3-5,8-9,13H,6-7,16H2,1-2H3. The first-order chi connectivity index (χ1) is 8.58. The van der Waals surface area contributed by atoms with E-state index >= 15 is 0 Å². The molecule has 1 heterocycles. The van der Waals surface area contributed by atoms with Gasteiger partial charge in [0.2, 0.25) is 0 Å². The summed E-state index contributed by atoms with van der Waals surface area (Å²) in [7, 11) is 1.92. The highest BCUT2D eigenvalue weighted by Crippen LogP contribution is 2.24. The normalized spacial score (nSPS) is 12.7. The van der Waals surface area contributed by atoms with Gasteiger partial charge in [0.15, 0.2) is 0 Å². The fraction of sp³-hybridized carbons (Fsp3) is 0.357. The average Bonchev–Trinajstić information content (AvgIpc) is 2.66. The zero-order valence-electron chi connectivity index (χ0n) is 10.7. The van der Waals surface area contributed by atoms with Gasteiger partial charge in [-0.3, -0.25) is 4.68 Å². The Morgan fingerprint density at radius 1 is 1.44 bits per heavy atom. The van der Waals surface area contributed by atoms with Crippen molar-refractivity contribution in [3.05, 3.63) is 51.8 Å². The van der Waals surface area contributed by atoms with E-state index in [1.807, 2.05) is 11.7 Å². The van der Waals surface area contributed by atoms with Crippen LogP contribution in [-0.2, 0) is 13.5 Å². The molecule has 3 nitrogen and oxygen atoms in total. The zero-order valence-corrected chi connectivity index (χ0v) is 12.3. The molecule has 96 valence electrons. The van der Waals surface area contributed by atoms with Crippen molar-refractivity contribution >= 4 is 15.9 Å². The van der Waals surface area contributed by atoms with Crippen LogP contribution < -0.4 is 5.73 Å². The maximum absolute atomic E-state index is 6.24. The Balaban J connectivity index is 2.03. The van der Waals surface area contributed by atoms with Crippen LogP contribution in [-0.4, -0.2) is 9.78 Å². The molecule has 0 fully saturated rings. The second-order valence-electron chi connectivity index (χ2n) is 4.64. The number of hydrogen-bond donors (Lipinski definition) is 1. The lowest BCUT2D eigenvalue weighted by atomic mass is 10.0. The highest BCUT2D eigenvalue weighted by atomic mass is 79.9. The second kappa shape index (κ2) is 5.67. The summed E-state index contributed by atoms with van der Waals surface area (Å²) < 4.78 is 2.83. The van der Waals surface area contributed by atoms with E-state index in [0.717, 1.165) is 23.0 Å². The van der Waals surface area contributed by atoms with Gasteiger partial charge >= 0.3 is 0 Å². The Morgan fingerprint density at radius 3 is 2.83 bits per heavy atom. The summed E-state index contributed by atoms with van der Waals surface area (Å²) in [4.78, 5) is 0. The molecule has 1 unspecified atom stereocenters. The molecule has 0 saturated carbocycles. The van der Waals surface area contributed by atoms with Gasteiger partial charge in [-0.15, -0.1) is 0 Å². The van der Waals surface area contributed by atoms with Gasteiger partial charge in [-0.25, -0.2) is 0 Å². The maximum atomic E-state index is 6.24. The molecule has 1 aromatic carbocycles. The van der Waals surface area contributed by atoms with Gasteiger partial charge in [-0.2, -0.15) is 5.10 Å². The molecule has 0 aliphatic heterocycles. The Bertz CT molecular complexity index is 514. The van der Waals surface area contributed by atoms with Crippen molar-refractivity contribution in [2.75, 3.05) is 0 Å². The van der Waals surface area contributed by atoms with Gasteiger partial charge in [0.05, 0.1) is 16.4 Å². The summed E-state index contributed by atoms with van der Waals surface area (Å²) in [5.41, 5.74) is 9.93. The van der Waals surface area contributed by atoms with Crippen LogP contribution in [0.2, 0.25) is 0 Å². The SMILES string of the molecule is Cc1cccc(CCC(N)c2c(Br)cnn2C)c1. The van der Waals surface area contributed by atoms with E-state index in [2.05, 4.69) is 52.2 Å². The number of hydrogen-bond acceptors (Lipinski definition) is 2. The molecule has 0 saturated heterocycles. The number of aryl methyl sites for hydroxylation is 3. The molecule has 4 heteroatoms. The van der Waals surface area contributed by atoms with Crippen molar-refractivity contribution in [2.45, 2.75) is 25.8 Å². The summed E-state index contributed by atoms with van der Waals surface area (Å²) >= 11 is 3.49. The molecule has 18 heavy (non-hydrogen) atoms. The maximum Gasteiger partial charge on any atom is 0.0690 e. The topological polar surface area (TPSA) is 43.8 Å². The van der Waals surface area contributed by atoms with Gasteiger partial charge in [-0.1, -0.05) is 29.8 Å². The smallest absolute Gasteiger partial charge is 0.0690 e. The summed E-state index contributed by atoms with van der Waals surface area (Å²) in [6.45, 7) is 2.11. The molecule has 0 bridgehead atoms. The molecule has 0 spiro atoms. The van der Waals surface area contributed by atoms with Crippen molar-refractivity contribution in [2.24, 2.45) is 12.8 Å². The van der Waals surface area contributed by atoms with E-state index in [4.69, 9.17) is 5.73 Å². The summed E-state index contributed by atoms with van der Waals surface area (Å²) in [5.74, 6) is 0. The predicted molar refractivity (Wildman–Crippen MR) is 77.3 cm³/mol. The molecule has 2 aromatic rings. The molecule has 2 N–H and O–H groups in total. The van der Waals surface area contributed by atoms with E-state index in [0.29, 0.717) is 0 Å². The van der Waals surface area contributed by atoms with Gasteiger partial charge in [0.25, 0.3) is 0 Å². The third kappa shape index (κ3) is 3.00. The van der Waals surface area contributed by atoms with Crippen LogP contribution in [0.25, 0.3) is 0 Å². The number of nitrogens with zero attached hydrogens (tertiary/aromatic N) is 2. The van der Waals surface area contributed by atoms with E-state index < -0.39 is 0 Å². The number of nitrogens with two attached hydrogens (primary N) is 1. The van der Waals surface area contributed by atoms with Gasteiger partial charge in [-0.05, 0) is 41.3 Å². The van der Waals surface area contributed by atoms with Crippen LogP contribution in [0.1, 0.15) is 29.3 Å².